The average molecular weight is 203 g/mol. The van der Waals surface area contributed by atoms with Gasteiger partial charge in [0.2, 0.25) is 0 Å². The third-order valence-corrected chi connectivity index (χ3v) is 2.79. The van der Waals surface area contributed by atoms with Crippen molar-refractivity contribution in [2.24, 2.45) is 5.73 Å². The Bertz CT molecular complexity index is 477. The largest absolute Gasteiger partial charge is 0.355 e. The van der Waals surface area contributed by atoms with E-state index in [2.05, 4.69) is 15.0 Å². The fraction of sp³-hybridized carbons (Fsp3) is 0.400. The molecule has 78 valence electrons. The Morgan fingerprint density at radius 2 is 2.33 bits per heavy atom. The molecule has 1 saturated heterocycles. The predicted octanol–water partition coefficient (Wildman–Crippen LogP) is 0.267. The SMILES string of the molecule is NC1CCN(c2ccn3nccc3n2)C1. The Balaban J connectivity index is 1.97. The first-order valence-electron chi connectivity index (χ1n) is 5.14. The van der Waals surface area contributed by atoms with Gasteiger partial charge in [0.05, 0.1) is 6.20 Å². The van der Waals surface area contributed by atoms with E-state index in [1.807, 2.05) is 18.3 Å². The van der Waals surface area contributed by atoms with Gasteiger partial charge in [-0.1, -0.05) is 0 Å². The number of anilines is 1. The minimum atomic E-state index is 0.285. The fourth-order valence-corrected chi connectivity index (χ4v) is 1.97. The molecule has 1 aliphatic heterocycles. The van der Waals surface area contributed by atoms with E-state index in [0.29, 0.717) is 0 Å². The maximum atomic E-state index is 5.87. The number of hydrogen-bond donors (Lipinski definition) is 1. The molecule has 15 heavy (non-hydrogen) atoms. The van der Waals surface area contributed by atoms with Gasteiger partial charge < -0.3 is 10.6 Å². The first kappa shape index (κ1) is 8.67. The fourth-order valence-electron chi connectivity index (χ4n) is 1.97. The molecule has 2 N–H and O–H groups in total. The number of hydrogen-bond acceptors (Lipinski definition) is 4. The summed E-state index contributed by atoms with van der Waals surface area (Å²) in [5.74, 6) is 0.996. The standard InChI is InChI=1S/C10H13N5/c11-8-2-5-14(7-8)9-3-6-15-10(13-9)1-4-12-15/h1,3-4,6,8H,2,5,7,11H2. The van der Waals surface area contributed by atoms with Crippen molar-refractivity contribution in [1.29, 1.82) is 0 Å². The Kier molecular flexibility index (Phi) is 1.85. The van der Waals surface area contributed by atoms with Crippen molar-refractivity contribution >= 4 is 11.5 Å². The summed E-state index contributed by atoms with van der Waals surface area (Å²) in [6.07, 6.45) is 4.73. The van der Waals surface area contributed by atoms with Gasteiger partial charge in [0, 0.05) is 31.4 Å². The van der Waals surface area contributed by atoms with E-state index in [4.69, 9.17) is 5.73 Å². The number of nitrogens with two attached hydrogens (primary N) is 1. The quantitative estimate of drug-likeness (QED) is 0.722. The highest BCUT2D eigenvalue weighted by atomic mass is 15.3. The normalized spacial score (nSPS) is 21.4. The third-order valence-electron chi connectivity index (χ3n) is 2.79. The number of aromatic nitrogens is 3. The first-order chi connectivity index (χ1) is 7.33. The maximum absolute atomic E-state index is 5.87. The first-order valence-corrected chi connectivity index (χ1v) is 5.14. The number of fused-ring (bicyclic) bond motifs is 1. The van der Waals surface area contributed by atoms with E-state index in [-0.39, 0.29) is 6.04 Å². The van der Waals surface area contributed by atoms with Crippen LogP contribution in [0.1, 0.15) is 6.42 Å². The van der Waals surface area contributed by atoms with Crippen LogP contribution < -0.4 is 10.6 Å². The maximum Gasteiger partial charge on any atom is 0.157 e. The molecular weight excluding hydrogens is 190 g/mol. The number of nitrogens with zero attached hydrogens (tertiary/aromatic N) is 4. The van der Waals surface area contributed by atoms with Crippen molar-refractivity contribution in [3.63, 3.8) is 0 Å². The van der Waals surface area contributed by atoms with Crippen molar-refractivity contribution in [1.82, 2.24) is 14.6 Å². The van der Waals surface area contributed by atoms with E-state index in [1.54, 1.807) is 10.7 Å². The molecule has 0 bridgehead atoms. The highest BCUT2D eigenvalue weighted by Gasteiger charge is 2.20. The summed E-state index contributed by atoms with van der Waals surface area (Å²) in [5, 5.41) is 4.11. The number of rotatable bonds is 1. The molecule has 5 nitrogen and oxygen atoms in total. The Morgan fingerprint density at radius 1 is 1.40 bits per heavy atom. The lowest BCUT2D eigenvalue weighted by molar-refractivity contribution is 0.751. The molecule has 0 saturated carbocycles. The lowest BCUT2D eigenvalue weighted by atomic mass is 10.3. The highest BCUT2D eigenvalue weighted by molar-refractivity contribution is 5.48. The summed E-state index contributed by atoms with van der Waals surface area (Å²) >= 11 is 0. The van der Waals surface area contributed by atoms with Gasteiger partial charge in [-0.25, -0.2) is 9.50 Å². The van der Waals surface area contributed by atoms with E-state index in [0.717, 1.165) is 31.0 Å². The van der Waals surface area contributed by atoms with E-state index in [9.17, 15) is 0 Å². The Hall–Kier alpha value is -1.62. The van der Waals surface area contributed by atoms with Crippen molar-refractivity contribution in [2.45, 2.75) is 12.5 Å². The molecule has 1 atom stereocenters. The van der Waals surface area contributed by atoms with Crippen molar-refractivity contribution in [3.8, 4) is 0 Å². The van der Waals surface area contributed by atoms with E-state index in [1.165, 1.54) is 0 Å². The Morgan fingerprint density at radius 3 is 3.13 bits per heavy atom. The molecule has 2 aromatic heterocycles. The van der Waals surface area contributed by atoms with Gasteiger partial charge in [-0.2, -0.15) is 5.10 Å². The summed E-state index contributed by atoms with van der Waals surface area (Å²) < 4.78 is 1.76. The summed E-state index contributed by atoms with van der Waals surface area (Å²) in [6.45, 7) is 1.90. The van der Waals surface area contributed by atoms with Crippen molar-refractivity contribution in [2.75, 3.05) is 18.0 Å². The average Bonchev–Trinajstić information content (AvgIpc) is 2.84. The summed E-state index contributed by atoms with van der Waals surface area (Å²) in [5.41, 5.74) is 6.75. The van der Waals surface area contributed by atoms with Crippen LogP contribution in [0.4, 0.5) is 5.82 Å². The zero-order chi connectivity index (χ0) is 10.3. The molecule has 1 aliphatic rings. The van der Waals surface area contributed by atoms with E-state index < -0.39 is 0 Å². The second kappa shape index (κ2) is 3.20. The van der Waals surface area contributed by atoms with Gasteiger partial charge in [0.15, 0.2) is 5.65 Å². The molecule has 3 rings (SSSR count). The van der Waals surface area contributed by atoms with Crippen LogP contribution in [0.5, 0.6) is 0 Å². The van der Waals surface area contributed by atoms with Crippen molar-refractivity contribution < 1.29 is 0 Å². The molecule has 1 fully saturated rings. The van der Waals surface area contributed by atoms with Gasteiger partial charge in [0.1, 0.15) is 5.82 Å². The van der Waals surface area contributed by atoms with Crippen LogP contribution in [0.3, 0.4) is 0 Å². The van der Waals surface area contributed by atoms with Gasteiger partial charge in [0.25, 0.3) is 0 Å². The summed E-state index contributed by atoms with van der Waals surface area (Å²) in [6, 6.07) is 4.17. The van der Waals surface area contributed by atoms with Gasteiger partial charge in [-0.05, 0) is 12.5 Å². The van der Waals surface area contributed by atoms with Crippen LogP contribution in [-0.2, 0) is 0 Å². The molecule has 2 aromatic rings. The van der Waals surface area contributed by atoms with Crippen LogP contribution in [0.25, 0.3) is 5.65 Å². The minimum absolute atomic E-state index is 0.285. The van der Waals surface area contributed by atoms with Crippen LogP contribution in [0.15, 0.2) is 24.5 Å². The molecule has 0 aromatic carbocycles. The zero-order valence-corrected chi connectivity index (χ0v) is 8.37. The van der Waals surface area contributed by atoms with Crippen LogP contribution in [0.2, 0.25) is 0 Å². The second-order valence-electron chi connectivity index (χ2n) is 3.91. The molecule has 3 heterocycles. The molecule has 0 spiro atoms. The zero-order valence-electron chi connectivity index (χ0n) is 8.37. The predicted molar refractivity (Wildman–Crippen MR) is 57.8 cm³/mol. The summed E-state index contributed by atoms with van der Waals surface area (Å²) in [4.78, 5) is 6.74. The molecule has 0 aliphatic carbocycles. The Labute approximate surface area is 87.5 Å². The van der Waals surface area contributed by atoms with Crippen LogP contribution in [-0.4, -0.2) is 33.7 Å². The topological polar surface area (TPSA) is 59.5 Å². The third kappa shape index (κ3) is 1.45. The van der Waals surface area contributed by atoms with Crippen LogP contribution >= 0.6 is 0 Å². The van der Waals surface area contributed by atoms with Crippen molar-refractivity contribution in [3.05, 3.63) is 24.5 Å². The monoisotopic (exact) mass is 203 g/mol. The molecule has 5 heteroatoms. The minimum Gasteiger partial charge on any atom is -0.355 e. The smallest absolute Gasteiger partial charge is 0.157 e. The highest BCUT2D eigenvalue weighted by Crippen LogP contribution is 2.17. The van der Waals surface area contributed by atoms with E-state index >= 15 is 0 Å². The summed E-state index contributed by atoms with van der Waals surface area (Å²) in [7, 11) is 0. The van der Waals surface area contributed by atoms with Crippen LogP contribution in [0, 0.1) is 0 Å². The lowest BCUT2D eigenvalue weighted by Gasteiger charge is -2.16. The van der Waals surface area contributed by atoms with Gasteiger partial charge in [-0.15, -0.1) is 0 Å². The van der Waals surface area contributed by atoms with Gasteiger partial charge in [-0.3, -0.25) is 0 Å². The second-order valence-corrected chi connectivity index (χ2v) is 3.91. The lowest BCUT2D eigenvalue weighted by Crippen LogP contribution is -2.26. The van der Waals surface area contributed by atoms with Gasteiger partial charge >= 0.3 is 0 Å². The molecule has 0 amide bonds. The molecule has 1 unspecified atom stereocenters. The molecule has 0 radical (unpaired) electrons. The molecular formula is C10H13N5.